The molecule has 0 aromatic carbocycles. The zero-order valence-electron chi connectivity index (χ0n) is 14.7. The highest BCUT2D eigenvalue weighted by Crippen LogP contribution is 2.59. The van der Waals surface area contributed by atoms with Gasteiger partial charge in [-0.2, -0.15) is 0 Å². The summed E-state index contributed by atoms with van der Waals surface area (Å²) in [6.07, 6.45) is 9.38. The lowest BCUT2D eigenvalue weighted by Gasteiger charge is -2.55. The van der Waals surface area contributed by atoms with E-state index in [4.69, 9.17) is 9.47 Å². The van der Waals surface area contributed by atoms with Crippen LogP contribution in [0.1, 0.15) is 58.3 Å². The van der Waals surface area contributed by atoms with Gasteiger partial charge in [0.25, 0.3) is 0 Å². The summed E-state index contributed by atoms with van der Waals surface area (Å²) in [6, 6.07) is 0. The van der Waals surface area contributed by atoms with E-state index in [-0.39, 0.29) is 23.8 Å². The van der Waals surface area contributed by atoms with Gasteiger partial charge in [-0.3, -0.25) is 9.59 Å². The lowest BCUT2D eigenvalue weighted by molar-refractivity contribution is -0.182. The minimum atomic E-state index is -0.729. The zero-order valence-corrected chi connectivity index (χ0v) is 14.7. The normalized spacial score (nSPS) is 43.0. The van der Waals surface area contributed by atoms with E-state index in [9.17, 15) is 9.59 Å². The van der Waals surface area contributed by atoms with E-state index in [0.717, 1.165) is 31.1 Å². The Balaban J connectivity index is 1.93. The molecule has 23 heavy (non-hydrogen) atoms. The van der Waals surface area contributed by atoms with Gasteiger partial charge < -0.3 is 9.47 Å². The van der Waals surface area contributed by atoms with Crippen molar-refractivity contribution in [2.75, 3.05) is 14.2 Å². The molecule has 0 bridgehead atoms. The molecule has 3 aliphatic carbocycles. The summed E-state index contributed by atoms with van der Waals surface area (Å²) in [5.74, 6) is 1.57. The van der Waals surface area contributed by atoms with Crippen LogP contribution in [0.4, 0.5) is 0 Å². The average Bonchev–Trinajstić information content (AvgIpc) is 2.60. The van der Waals surface area contributed by atoms with Gasteiger partial charge in [0.05, 0.1) is 25.6 Å². The van der Waals surface area contributed by atoms with Gasteiger partial charge in [0.2, 0.25) is 0 Å². The lowest BCUT2D eigenvalue weighted by atomic mass is 9.48. The van der Waals surface area contributed by atoms with Crippen LogP contribution in [0.2, 0.25) is 0 Å². The van der Waals surface area contributed by atoms with Crippen LogP contribution in [0.25, 0.3) is 0 Å². The highest BCUT2D eigenvalue weighted by molar-refractivity contribution is 5.85. The van der Waals surface area contributed by atoms with E-state index >= 15 is 0 Å². The molecule has 4 heteroatoms. The quantitative estimate of drug-likeness (QED) is 0.729. The molecule has 0 saturated heterocycles. The summed E-state index contributed by atoms with van der Waals surface area (Å²) in [4.78, 5) is 25.0. The molecule has 130 valence electrons. The van der Waals surface area contributed by atoms with Crippen LogP contribution in [0.15, 0.2) is 0 Å². The van der Waals surface area contributed by atoms with Crippen molar-refractivity contribution in [1.82, 2.24) is 0 Å². The minimum absolute atomic E-state index is 0.225. The molecule has 6 atom stereocenters. The number of hydrogen-bond donors (Lipinski definition) is 0. The number of ether oxygens (including phenoxy) is 2. The first-order chi connectivity index (χ1) is 11.0. The maximum Gasteiger partial charge on any atom is 0.312 e. The maximum atomic E-state index is 12.7. The molecule has 4 nitrogen and oxygen atoms in total. The third-order valence-corrected chi connectivity index (χ3v) is 7.28. The first-order valence-corrected chi connectivity index (χ1v) is 9.20. The first kappa shape index (κ1) is 16.8. The van der Waals surface area contributed by atoms with Crippen molar-refractivity contribution in [2.24, 2.45) is 35.0 Å². The predicted molar refractivity (Wildman–Crippen MR) is 86.5 cm³/mol. The molecule has 3 aliphatic rings. The van der Waals surface area contributed by atoms with Crippen LogP contribution < -0.4 is 0 Å². The van der Waals surface area contributed by atoms with Crippen LogP contribution in [-0.2, 0) is 19.1 Å². The number of hydrogen-bond acceptors (Lipinski definition) is 4. The number of methoxy groups -OCH3 is 2. The van der Waals surface area contributed by atoms with Crippen LogP contribution in [0.5, 0.6) is 0 Å². The first-order valence-electron chi connectivity index (χ1n) is 9.20. The Labute approximate surface area is 139 Å². The van der Waals surface area contributed by atoms with E-state index in [1.54, 1.807) is 0 Å². The molecule has 3 saturated carbocycles. The third-order valence-electron chi connectivity index (χ3n) is 7.28. The predicted octanol–water partition coefficient (Wildman–Crippen LogP) is 3.58. The monoisotopic (exact) mass is 322 g/mol. The molecule has 0 radical (unpaired) electrons. The van der Waals surface area contributed by atoms with Gasteiger partial charge in [-0.25, -0.2) is 0 Å². The second-order valence-electron chi connectivity index (χ2n) is 7.98. The topological polar surface area (TPSA) is 52.6 Å². The summed E-state index contributed by atoms with van der Waals surface area (Å²) in [5, 5.41) is 0. The summed E-state index contributed by atoms with van der Waals surface area (Å²) >= 11 is 0. The number of esters is 2. The Morgan fingerprint density at radius 1 is 0.870 bits per heavy atom. The summed E-state index contributed by atoms with van der Waals surface area (Å²) in [5.41, 5.74) is -0.729. The van der Waals surface area contributed by atoms with Crippen molar-refractivity contribution < 1.29 is 19.1 Å². The van der Waals surface area contributed by atoms with Crippen molar-refractivity contribution in [3.63, 3.8) is 0 Å². The molecule has 0 N–H and O–H groups in total. The second kappa shape index (κ2) is 6.45. The number of fused-ring (bicyclic) bond motifs is 3. The molecule has 0 aromatic heterocycles. The van der Waals surface area contributed by atoms with Gasteiger partial charge in [0.15, 0.2) is 0 Å². The van der Waals surface area contributed by atoms with Crippen molar-refractivity contribution in [2.45, 2.75) is 58.3 Å². The number of rotatable bonds is 2. The molecule has 0 spiro atoms. The van der Waals surface area contributed by atoms with E-state index in [2.05, 4.69) is 0 Å². The fourth-order valence-corrected chi connectivity index (χ4v) is 6.16. The summed E-state index contributed by atoms with van der Waals surface area (Å²) < 4.78 is 10.2. The fourth-order valence-electron chi connectivity index (χ4n) is 6.16. The zero-order chi connectivity index (χ0) is 16.6. The van der Waals surface area contributed by atoms with Crippen molar-refractivity contribution in [1.29, 1.82) is 0 Å². The van der Waals surface area contributed by atoms with Crippen molar-refractivity contribution in [3.8, 4) is 0 Å². The van der Waals surface area contributed by atoms with E-state index in [0.29, 0.717) is 5.92 Å². The molecule has 0 aromatic rings. The Morgan fingerprint density at radius 2 is 1.61 bits per heavy atom. The number of carbonyl (C=O) groups excluding carboxylic acids is 2. The Bertz CT molecular complexity index is 474. The highest BCUT2D eigenvalue weighted by Gasteiger charge is 2.59. The molecular formula is C19H30O4. The molecule has 3 rings (SSSR count). The Hall–Kier alpha value is -1.06. The Morgan fingerprint density at radius 3 is 2.30 bits per heavy atom. The SMILES string of the molecule is COC(=O)[C@H]1CC[C@H]2[C@H]3CCCC[C@H]3CC[C@H]2[C@]1(C)C(=O)OC. The average molecular weight is 322 g/mol. The van der Waals surface area contributed by atoms with Crippen molar-refractivity contribution in [3.05, 3.63) is 0 Å². The molecule has 0 unspecified atom stereocenters. The minimum Gasteiger partial charge on any atom is -0.469 e. The lowest BCUT2D eigenvalue weighted by Crippen LogP contribution is -2.56. The highest BCUT2D eigenvalue weighted by atomic mass is 16.5. The van der Waals surface area contributed by atoms with Crippen LogP contribution in [0, 0.1) is 35.0 Å². The smallest absolute Gasteiger partial charge is 0.312 e. The second-order valence-corrected chi connectivity index (χ2v) is 7.98. The third kappa shape index (κ3) is 2.58. The van der Waals surface area contributed by atoms with E-state index < -0.39 is 5.41 Å². The maximum absolute atomic E-state index is 12.7. The van der Waals surface area contributed by atoms with Crippen LogP contribution in [-0.4, -0.2) is 26.2 Å². The van der Waals surface area contributed by atoms with Gasteiger partial charge in [0, 0.05) is 0 Å². The van der Waals surface area contributed by atoms with Crippen molar-refractivity contribution >= 4 is 11.9 Å². The Kier molecular flexibility index (Phi) is 4.70. The van der Waals surface area contributed by atoms with E-state index in [1.807, 2.05) is 6.92 Å². The molecular weight excluding hydrogens is 292 g/mol. The van der Waals surface area contributed by atoms with Gasteiger partial charge >= 0.3 is 11.9 Å². The number of carbonyl (C=O) groups is 2. The standard InChI is InChI=1S/C19H30O4/c1-19(18(21)23-3)15-10-8-12-6-4-5-7-13(12)14(15)9-11-16(19)17(20)22-2/h12-16H,4-11H2,1-3H3/t12-,13-,14-,15+,16+,19-/m0/s1. The molecule has 0 amide bonds. The molecule has 0 heterocycles. The summed E-state index contributed by atoms with van der Waals surface area (Å²) in [6.45, 7) is 1.96. The van der Waals surface area contributed by atoms with Gasteiger partial charge in [-0.1, -0.05) is 19.3 Å². The fraction of sp³-hybridized carbons (Fsp3) is 0.895. The largest absolute Gasteiger partial charge is 0.469 e. The molecule has 0 aliphatic heterocycles. The summed E-state index contributed by atoms with van der Waals surface area (Å²) in [7, 11) is 2.86. The van der Waals surface area contributed by atoms with Crippen LogP contribution >= 0.6 is 0 Å². The van der Waals surface area contributed by atoms with E-state index in [1.165, 1.54) is 46.3 Å². The van der Waals surface area contributed by atoms with Crippen LogP contribution in [0.3, 0.4) is 0 Å². The molecule has 3 fully saturated rings. The van der Waals surface area contributed by atoms with Gasteiger partial charge in [-0.15, -0.1) is 0 Å². The van der Waals surface area contributed by atoms with Gasteiger partial charge in [-0.05, 0) is 62.7 Å². The van der Waals surface area contributed by atoms with Gasteiger partial charge in [0.1, 0.15) is 0 Å².